The summed E-state index contributed by atoms with van der Waals surface area (Å²) in [6, 6.07) is 19.3. The summed E-state index contributed by atoms with van der Waals surface area (Å²) in [6.07, 6.45) is 2.84. The Kier molecular flexibility index (Phi) is 4.66. The summed E-state index contributed by atoms with van der Waals surface area (Å²) in [6.45, 7) is 1.67. The molecule has 5 heteroatoms. The van der Waals surface area contributed by atoms with Crippen molar-refractivity contribution in [3.8, 4) is 0 Å². The molecule has 2 aliphatic rings. The van der Waals surface area contributed by atoms with E-state index in [1.54, 1.807) is 31.2 Å². The average Bonchev–Trinajstić information content (AvgIpc) is 3.20. The van der Waals surface area contributed by atoms with E-state index in [2.05, 4.69) is 22.8 Å². The molecule has 2 N–H and O–H groups in total. The SMILES string of the molecule is Cc1ccc(NC(=O)C2c3ccccc3C(=O)NC2C2=CCc3ccccc32)cc1F. The van der Waals surface area contributed by atoms with Crippen molar-refractivity contribution in [1.29, 1.82) is 0 Å². The van der Waals surface area contributed by atoms with E-state index in [9.17, 15) is 14.0 Å². The van der Waals surface area contributed by atoms with E-state index in [0.29, 0.717) is 22.4 Å². The summed E-state index contributed by atoms with van der Waals surface area (Å²) < 4.78 is 14.0. The number of halogens is 1. The summed E-state index contributed by atoms with van der Waals surface area (Å²) in [4.78, 5) is 26.4. The molecule has 3 aromatic carbocycles. The lowest BCUT2D eigenvalue weighted by Crippen LogP contribution is -2.48. The van der Waals surface area contributed by atoms with Gasteiger partial charge in [-0.2, -0.15) is 0 Å². The van der Waals surface area contributed by atoms with Gasteiger partial charge in [-0.25, -0.2) is 4.39 Å². The van der Waals surface area contributed by atoms with E-state index in [1.807, 2.05) is 30.3 Å². The van der Waals surface area contributed by atoms with Gasteiger partial charge < -0.3 is 10.6 Å². The van der Waals surface area contributed by atoms with Crippen molar-refractivity contribution in [3.05, 3.63) is 106 Å². The maximum atomic E-state index is 14.0. The molecule has 2 atom stereocenters. The Morgan fingerprint density at radius 1 is 1.03 bits per heavy atom. The lowest BCUT2D eigenvalue weighted by molar-refractivity contribution is -0.117. The van der Waals surface area contributed by atoms with Gasteiger partial charge in [0, 0.05) is 11.3 Å². The van der Waals surface area contributed by atoms with Gasteiger partial charge in [0.25, 0.3) is 5.91 Å². The third-order valence-electron chi connectivity index (χ3n) is 6.09. The van der Waals surface area contributed by atoms with Crippen molar-refractivity contribution in [2.75, 3.05) is 5.32 Å². The molecule has 1 heterocycles. The first-order valence-corrected chi connectivity index (χ1v) is 10.3. The average molecular weight is 412 g/mol. The molecular formula is C26H21FN2O2. The molecule has 0 saturated carbocycles. The van der Waals surface area contributed by atoms with Crippen LogP contribution in [-0.2, 0) is 11.2 Å². The molecule has 0 spiro atoms. The lowest BCUT2D eigenvalue weighted by atomic mass is 9.79. The number of amides is 2. The van der Waals surface area contributed by atoms with Gasteiger partial charge in [-0.05, 0) is 59.4 Å². The van der Waals surface area contributed by atoms with Crippen LogP contribution in [0.2, 0.25) is 0 Å². The van der Waals surface area contributed by atoms with Crippen molar-refractivity contribution in [2.45, 2.75) is 25.3 Å². The first kappa shape index (κ1) is 19.2. The maximum absolute atomic E-state index is 14.0. The zero-order valence-corrected chi connectivity index (χ0v) is 17.0. The van der Waals surface area contributed by atoms with E-state index in [0.717, 1.165) is 17.6 Å². The van der Waals surface area contributed by atoms with Gasteiger partial charge in [-0.15, -0.1) is 0 Å². The van der Waals surface area contributed by atoms with Gasteiger partial charge in [0.1, 0.15) is 5.82 Å². The second kappa shape index (κ2) is 7.51. The number of aryl methyl sites for hydroxylation is 1. The smallest absolute Gasteiger partial charge is 0.252 e. The quantitative estimate of drug-likeness (QED) is 0.660. The number of benzene rings is 3. The van der Waals surface area contributed by atoms with Crippen molar-refractivity contribution < 1.29 is 14.0 Å². The van der Waals surface area contributed by atoms with Gasteiger partial charge in [0.2, 0.25) is 5.91 Å². The minimum absolute atomic E-state index is 0.198. The number of rotatable bonds is 3. The van der Waals surface area contributed by atoms with Crippen LogP contribution in [0.15, 0.2) is 72.8 Å². The van der Waals surface area contributed by atoms with Gasteiger partial charge in [-0.3, -0.25) is 9.59 Å². The molecule has 3 aromatic rings. The van der Waals surface area contributed by atoms with Crippen molar-refractivity contribution in [3.63, 3.8) is 0 Å². The molecule has 1 aliphatic carbocycles. The Bertz CT molecular complexity index is 1250. The third kappa shape index (κ3) is 3.32. The monoisotopic (exact) mass is 412 g/mol. The number of hydrogen-bond donors (Lipinski definition) is 2. The minimum atomic E-state index is -0.643. The number of fused-ring (bicyclic) bond motifs is 2. The first-order valence-electron chi connectivity index (χ1n) is 10.3. The molecule has 4 nitrogen and oxygen atoms in total. The Morgan fingerprint density at radius 3 is 2.58 bits per heavy atom. The molecule has 0 fully saturated rings. The number of carbonyl (C=O) groups is 2. The van der Waals surface area contributed by atoms with Crippen molar-refractivity contribution >= 4 is 23.1 Å². The number of allylic oxidation sites excluding steroid dienone is 1. The van der Waals surface area contributed by atoms with Crippen molar-refractivity contribution in [2.24, 2.45) is 0 Å². The van der Waals surface area contributed by atoms with Gasteiger partial charge in [0.15, 0.2) is 0 Å². The molecule has 154 valence electrons. The molecule has 1 aliphatic heterocycles. The topological polar surface area (TPSA) is 58.2 Å². The van der Waals surface area contributed by atoms with Crippen LogP contribution >= 0.6 is 0 Å². The molecule has 5 rings (SSSR count). The number of anilines is 1. The molecule has 2 amide bonds. The Balaban J connectivity index is 1.56. The molecule has 0 saturated heterocycles. The summed E-state index contributed by atoms with van der Waals surface area (Å²) >= 11 is 0. The minimum Gasteiger partial charge on any atom is -0.344 e. The molecule has 2 unspecified atom stereocenters. The second-order valence-corrected chi connectivity index (χ2v) is 7.99. The second-order valence-electron chi connectivity index (χ2n) is 7.99. The Hall–Kier alpha value is -3.73. The van der Waals surface area contributed by atoms with E-state index in [-0.39, 0.29) is 17.6 Å². The molecular weight excluding hydrogens is 391 g/mol. The molecule has 31 heavy (non-hydrogen) atoms. The fourth-order valence-corrected chi connectivity index (χ4v) is 4.50. The summed E-state index contributed by atoms with van der Waals surface area (Å²) in [7, 11) is 0. The highest BCUT2D eigenvalue weighted by Gasteiger charge is 2.41. The van der Waals surface area contributed by atoms with Gasteiger partial charge >= 0.3 is 0 Å². The van der Waals surface area contributed by atoms with Crippen LogP contribution < -0.4 is 10.6 Å². The van der Waals surface area contributed by atoms with Crippen LogP contribution in [0.4, 0.5) is 10.1 Å². The molecule has 0 radical (unpaired) electrons. The number of hydrogen-bond acceptors (Lipinski definition) is 2. The van der Waals surface area contributed by atoms with E-state index in [1.165, 1.54) is 11.6 Å². The van der Waals surface area contributed by atoms with E-state index in [4.69, 9.17) is 0 Å². The summed E-state index contributed by atoms with van der Waals surface area (Å²) in [5.41, 5.74) is 5.22. The largest absolute Gasteiger partial charge is 0.344 e. The fourth-order valence-electron chi connectivity index (χ4n) is 4.50. The van der Waals surface area contributed by atoms with Crippen LogP contribution in [0.1, 0.15) is 38.5 Å². The first-order chi connectivity index (χ1) is 15.0. The van der Waals surface area contributed by atoms with Crippen LogP contribution in [0, 0.1) is 12.7 Å². The Labute approximate surface area is 179 Å². The van der Waals surface area contributed by atoms with Crippen LogP contribution in [0.5, 0.6) is 0 Å². The van der Waals surface area contributed by atoms with Gasteiger partial charge in [0.05, 0.1) is 12.0 Å². The van der Waals surface area contributed by atoms with Crippen LogP contribution in [0.3, 0.4) is 0 Å². The third-order valence-corrected chi connectivity index (χ3v) is 6.09. The standard InChI is InChI=1S/C26H21FN2O2/c1-15-10-12-17(14-22(15)27)28-26(31)23-19-8-4-5-9-21(19)25(30)29-24(23)20-13-11-16-6-2-3-7-18(16)20/h2-10,12-14,23-24H,11H2,1H3,(H,28,31)(H,29,30). The van der Waals surface area contributed by atoms with Gasteiger partial charge in [-0.1, -0.05) is 54.6 Å². The summed E-state index contributed by atoms with van der Waals surface area (Å²) in [5, 5.41) is 5.91. The normalized spacial score (nSPS) is 19.2. The maximum Gasteiger partial charge on any atom is 0.252 e. The predicted octanol–water partition coefficient (Wildman–Crippen LogP) is 4.61. The summed E-state index contributed by atoms with van der Waals surface area (Å²) in [5.74, 6) is -1.50. The van der Waals surface area contributed by atoms with E-state index >= 15 is 0 Å². The number of nitrogens with one attached hydrogen (secondary N) is 2. The van der Waals surface area contributed by atoms with E-state index < -0.39 is 12.0 Å². The fraction of sp³-hybridized carbons (Fsp3) is 0.154. The molecule has 0 bridgehead atoms. The highest BCUT2D eigenvalue weighted by molar-refractivity contribution is 6.06. The van der Waals surface area contributed by atoms with Crippen molar-refractivity contribution in [1.82, 2.24) is 5.32 Å². The van der Waals surface area contributed by atoms with Crippen LogP contribution in [-0.4, -0.2) is 17.9 Å². The van der Waals surface area contributed by atoms with Crippen LogP contribution in [0.25, 0.3) is 5.57 Å². The molecule has 0 aromatic heterocycles. The lowest BCUT2D eigenvalue weighted by Gasteiger charge is -2.34. The highest BCUT2D eigenvalue weighted by Crippen LogP contribution is 2.39. The highest BCUT2D eigenvalue weighted by atomic mass is 19.1. The zero-order valence-electron chi connectivity index (χ0n) is 17.0. The Morgan fingerprint density at radius 2 is 1.77 bits per heavy atom. The predicted molar refractivity (Wildman–Crippen MR) is 118 cm³/mol. The number of carbonyl (C=O) groups excluding carboxylic acids is 2. The zero-order chi connectivity index (χ0) is 21.5.